The van der Waals surface area contributed by atoms with E-state index < -0.39 is 0 Å². The number of carbonyl (C=O) groups excluding carboxylic acids is 1. The Balaban J connectivity index is 1.43. The van der Waals surface area contributed by atoms with Gasteiger partial charge in [0, 0.05) is 37.4 Å². The Bertz CT molecular complexity index is 534. The van der Waals surface area contributed by atoms with Crippen LogP contribution in [0.5, 0.6) is 0 Å². The van der Waals surface area contributed by atoms with Gasteiger partial charge in [-0.15, -0.1) is 0 Å². The normalized spacial score (nSPS) is 25.8. The van der Waals surface area contributed by atoms with Gasteiger partial charge in [0.15, 0.2) is 0 Å². The molecule has 0 spiro atoms. The van der Waals surface area contributed by atoms with Gasteiger partial charge in [-0.2, -0.15) is 0 Å². The summed E-state index contributed by atoms with van der Waals surface area (Å²) in [6.07, 6.45) is 10.7. The van der Waals surface area contributed by atoms with E-state index in [9.17, 15) is 4.79 Å². The van der Waals surface area contributed by atoms with Crippen molar-refractivity contribution in [3.8, 4) is 0 Å². The van der Waals surface area contributed by atoms with Gasteiger partial charge >= 0.3 is 0 Å². The first-order valence-corrected chi connectivity index (χ1v) is 8.66. The van der Waals surface area contributed by atoms with E-state index in [0.717, 1.165) is 31.8 Å². The summed E-state index contributed by atoms with van der Waals surface area (Å²) in [6.45, 7) is 4.30. The largest absolute Gasteiger partial charge is 0.334 e. The minimum Gasteiger partial charge on any atom is -0.334 e. The first-order chi connectivity index (χ1) is 10.8. The minimum absolute atomic E-state index is 0.115. The third-order valence-electron chi connectivity index (χ3n) is 5.17. The molecule has 1 aromatic heterocycles. The number of aromatic nitrogens is 2. The molecule has 4 rings (SSSR count). The maximum absolute atomic E-state index is 12.8. The Labute approximate surface area is 131 Å². The molecule has 3 fully saturated rings. The number of hydrogen-bond acceptors (Lipinski definition) is 4. The number of likely N-dealkylation sites (tertiary alicyclic amines) is 2. The van der Waals surface area contributed by atoms with Crippen molar-refractivity contribution in [3.05, 3.63) is 23.8 Å². The number of nitrogens with zero attached hydrogens (tertiary/aromatic N) is 4. The fourth-order valence-corrected chi connectivity index (χ4v) is 3.72. The van der Waals surface area contributed by atoms with Crippen molar-refractivity contribution in [2.45, 2.75) is 50.5 Å². The Kier molecular flexibility index (Phi) is 3.82. The second-order valence-corrected chi connectivity index (χ2v) is 6.91. The maximum atomic E-state index is 12.8. The van der Waals surface area contributed by atoms with Crippen molar-refractivity contribution in [3.63, 3.8) is 0 Å². The molecule has 5 heteroatoms. The lowest BCUT2D eigenvalue weighted by Crippen LogP contribution is -2.42. The van der Waals surface area contributed by atoms with E-state index in [1.807, 2.05) is 4.90 Å². The molecule has 0 N–H and O–H groups in total. The molecule has 3 heterocycles. The van der Waals surface area contributed by atoms with Crippen LogP contribution >= 0.6 is 0 Å². The molecule has 5 nitrogen and oxygen atoms in total. The molecule has 1 aromatic rings. The van der Waals surface area contributed by atoms with Gasteiger partial charge in [-0.1, -0.05) is 0 Å². The van der Waals surface area contributed by atoms with Crippen LogP contribution in [0.15, 0.2) is 12.4 Å². The van der Waals surface area contributed by atoms with Gasteiger partial charge < -0.3 is 9.80 Å². The van der Waals surface area contributed by atoms with Gasteiger partial charge in [0.2, 0.25) is 0 Å². The Morgan fingerprint density at radius 1 is 1.05 bits per heavy atom. The molecule has 0 bridgehead atoms. The molecular weight excluding hydrogens is 276 g/mol. The smallest absolute Gasteiger partial charge is 0.257 e. The van der Waals surface area contributed by atoms with E-state index in [4.69, 9.17) is 0 Å². The average molecular weight is 300 g/mol. The average Bonchev–Trinajstić information content (AvgIpc) is 3.08. The summed E-state index contributed by atoms with van der Waals surface area (Å²) in [5.74, 6) is 1.56. The molecule has 0 unspecified atom stereocenters. The summed E-state index contributed by atoms with van der Waals surface area (Å²) in [7, 11) is 0. The van der Waals surface area contributed by atoms with E-state index in [-0.39, 0.29) is 5.91 Å². The highest BCUT2D eigenvalue weighted by atomic mass is 16.2. The van der Waals surface area contributed by atoms with Gasteiger partial charge in [0.05, 0.1) is 5.56 Å². The summed E-state index contributed by atoms with van der Waals surface area (Å²) >= 11 is 0. The van der Waals surface area contributed by atoms with Gasteiger partial charge in [0.1, 0.15) is 5.82 Å². The van der Waals surface area contributed by atoms with Crippen LogP contribution in [-0.2, 0) is 0 Å². The SMILES string of the molecule is O=C(c1cnc(C2CC2)nc1)N1CCC[C@H]1CN1CCCC1. The van der Waals surface area contributed by atoms with Crippen LogP contribution in [0.2, 0.25) is 0 Å². The maximum Gasteiger partial charge on any atom is 0.257 e. The standard InChI is InChI=1S/C17H24N4O/c22-17(14-10-18-16(19-11-14)13-5-6-13)21-9-3-4-15(21)12-20-7-1-2-8-20/h10-11,13,15H,1-9,12H2/t15-/m0/s1. The van der Waals surface area contributed by atoms with Crippen LogP contribution in [0.25, 0.3) is 0 Å². The van der Waals surface area contributed by atoms with Crippen molar-refractivity contribution in [2.75, 3.05) is 26.2 Å². The summed E-state index contributed by atoms with van der Waals surface area (Å²) in [5.41, 5.74) is 0.651. The number of rotatable bonds is 4. The summed E-state index contributed by atoms with van der Waals surface area (Å²) in [5, 5.41) is 0. The highest BCUT2D eigenvalue weighted by Gasteiger charge is 2.32. The van der Waals surface area contributed by atoms with E-state index in [0.29, 0.717) is 17.5 Å². The summed E-state index contributed by atoms with van der Waals surface area (Å²) in [4.78, 5) is 26.1. The fourth-order valence-electron chi connectivity index (χ4n) is 3.72. The molecule has 0 radical (unpaired) electrons. The number of hydrogen-bond donors (Lipinski definition) is 0. The Morgan fingerprint density at radius 2 is 1.77 bits per heavy atom. The Morgan fingerprint density at radius 3 is 2.45 bits per heavy atom. The lowest BCUT2D eigenvalue weighted by atomic mass is 10.2. The van der Waals surface area contributed by atoms with Crippen LogP contribution in [0.3, 0.4) is 0 Å². The molecule has 2 aliphatic heterocycles. The zero-order chi connectivity index (χ0) is 14.9. The van der Waals surface area contributed by atoms with Crippen molar-refractivity contribution >= 4 is 5.91 Å². The highest BCUT2D eigenvalue weighted by Crippen LogP contribution is 2.37. The third kappa shape index (κ3) is 2.86. The van der Waals surface area contributed by atoms with Crippen molar-refractivity contribution in [1.29, 1.82) is 0 Å². The monoisotopic (exact) mass is 300 g/mol. The molecule has 0 aromatic carbocycles. The van der Waals surface area contributed by atoms with E-state index >= 15 is 0 Å². The van der Waals surface area contributed by atoms with E-state index in [1.165, 1.54) is 38.8 Å². The van der Waals surface area contributed by atoms with Crippen LogP contribution in [0.4, 0.5) is 0 Å². The minimum atomic E-state index is 0.115. The van der Waals surface area contributed by atoms with Crippen LogP contribution in [0.1, 0.15) is 60.6 Å². The molecule has 22 heavy (non-hydrogen) atoms. The second-order valence-electron chi connectivity index (χ2n) is 6.91. The predicted molar refractivity (Wildman–Crippen MR) is 83.7 cm³/mol. The first kappa shape index (κ1) is 14.1. The van der Waals surface area contributed by atoms with E-state index in [1.54, 1.807) is 12.4 Å². The number of carbonyl (C=O) groups is 1. The summed E-state index contributed by atoms with van der Waals surface area (Å²) in [6, 6.07) is 0.369. The molecule has 1 aliphatic carbocycles. The van der Waals surface area contributed by atoms with Gasteiger partial charge in [-0.3, -0.25) is 4.79 Å². The van der Waals surface area contributed by atoms with Crippen molar-refractivity contribution in [1.82, 2.24) is 19.8 Å². The molecule has 2 saturated heterocycles. The Hall–Kier alpha value is -1.49. The van der Waals surface area contributed by atoms with Crippen LogP contribution in [-0.4, -0.2) is 57.9 Å². The molecule has 3 aliphatic rings. The van der Waals surface area contributed by atoms with Gasteiger partial charge in [0.25, 0.3) is 5.91 Å². The van der Waals surface area contributed by atoms with Crippen LogP contribution < -0.4 is 0 Å². The quantitative estimate of drug-likeness (QED) is 0.854. The third-order valence-corrected chi connectivity index (χ3v) is 5.17. The molecule has 1 amide bonds. The second kappa shape index (κ2) is 5.95. The first-order valence-electron chi connectivity index (χ1n) is 8.66. The molecule has 1 atom stereocenters. The summed E-state index contributed by atoms with van der Waals surface area (Å²) < 4.78 is 0. The van der Waals surface area contributed by atoms with Crippen molar-refractivity contribution < 1.29 is 4.79 Å². The van der Waals surface area contributed by atoms with Gasteiger partial charge in [-0.05, 0) is 51.6 Å². The zero-order valence-electron chi connectivity index (χ0n) is 13.1. The zero-order valence-corrected chi connectivity index (χ0v) is 13.1. The van der Waals surface area contributed by atoms with Gasteiger partial charge in [-0.25, -0.2) is 9.97 Å². The highest BCUT2D eigenvalue weighted by molar-refractivity contribution is 5.94. The predicted octanol–water partition coefficient (Wildman–Crippen LogP) is 2.05. The lowest BCUT2D eigenvalue weighted by molar-refractivity contribution is 0.0708. The number of amides is 1. The van der Waals surface area contributed by atoms with Crippen molar-refractivity contribution in [2.24, 2.45) is 0 Å². The van der Waals surface area contributed by atoms with Crippen LogP contribution in [0, 0.1) is 0 Å². The lowest BCUT2D eigenvalue weighted by Gasteiger charge is -2.28. The molecule has 118 valence electrons. The topological polar surface area (TPSA) is 49.3 Å². The molecular formula is C17H24N4O. The fraction of sp³-hybridized carbons (Fsp3) is 0.706. The van der Waals surface area contributed by atoms with E-state index in [2.05, 4.69) is 14.9 Å². The molecule has 1 saturated carbocycles.